The van der Waals surface area contributed by atoms with Gasteiger partial charge in [0.2, 0.25) is 0 Å². The molecule has 172 valence electrons. The monoisotopic (exact) mass is 424 g/mol. The van der Waals surface area contributed by atoms with E-state index in [4.69, 9.17) is 28.4 Å². The van der Waals surface area contributed by atoms with Crippen molar-refractivity contribution < 1.29 is 28.4 Å². The van der Waals surface area contributed by atoms with Crippen LogP contribution in [0.15, 0.2) is 30.3 Å². The molecule has 3 fully saturated rings. The van der Waals surface area contributed by atoms with Crippen LogP contribution < -0.4 is 0 Å². The van der Waals surface area contributed by atoms with Gasteiger partial charge >= 0.3 is 0 Å². The van der Waals surface area contributed by atoms with Gasteiger partial charge in [0.15, 0.2) is 12.1 Å². The number of ether oxygens (including phenoxy) is 6. The van der Waals surface area contributed by atoms with E-state index >= 15 is 0 Å². The topological polar surface area (TPSA) is 55.4 Å². The van der Waals surface area contributed by atoms with Crippen molar-refractivity contribution >= 4 is 0 Å². The molecule has 1 aromatic rings. The molecule has 5 atom stereocenters. The second kappa shape index (κ2) is 13.4. The Kier molecular flexibility index (Phi) is 11.3. The van der Waals surface area contributed by atoms with Gasteiger partial charge in [-0.15, -0.1) is 0 Å². The maximum absolute atomic E-state index is 5.67. The van der Waals surface area contributed by atoms with Crippen LogP contribution in [0.5, 0.6) is 0 Å². The molecule has 1 aromatic carbocycles. The van der Waals surface area contributed by atoms with Crippen LogP contribution in [0.1, 0.15) is 72.2 Å². The molecule has 5 unspecified atom stereocenters. The summed E-state index contributed by atoms with van der Waals surface area (Å²) in [6, 6.07) is 10.1. The lowest BCUT2D eigenvalue weighted by atomic mass is 10.2. The Morgan fingerprint density at radius 2 is 1.53 bits per heavy atom. The van der Waals surface area contributed by atoms with E-state index in [-0.39, 0.29) is 18.2 Å². The summed E-state index contributed by atoms with van der Waals surface area (Å²) in [5, 5.41) is 0. The fraction of sp³-hybridized carbons (Fsp3) is 0.750. The zero-order chi connectivity index (χ0) is 21.8. The highest BCUT2D eigenvalue weighted by Gasteiger charge is 2.34. The highest BCUT2D eigenvalue weighted by Crippen LogP contribution is 2.28. The van der Waals surface area contributed by atoms with Gasteiger partial charge in [-0.1, -0.05) is 58.0 Å². The molecule has 0 aliphatic carbocycles. The highest BCUT2D eigenvalue weighted by atomic mass is 16.7. The summed E-state index contributed by atoms with van der Waals surface area (Å²) in [5.74, 6) is -0.291. The zero-order valence-corrected chi connectivity index (χ0v) is 19.3. The Morgan fingerprint density at radius 3 is 1.97 bits per heavy atom. The van der Waals surface area contributed by atoms with E-state index in [9.17, 15) is 0 Å². The van der Waals surface area contributed by atoms with Gasteiger partial charge in [0.1, 0.15) is 6.79 Å². The normalized spacial score (nSPS) is 32.8. The van der Waals surface area contributed by atoms with E-state index in [1.165, 1.54) is 0 Å². The molecule has 4 rings (SSSR count). The van der Waals surface area contributed by atoms with Crippen LogP contribution in [0.3, 0.4) is 0 Å². The number of hydrogen-bond donors (Lipinski definition) is 0. The predicted molar refractivity (Wildman–Crippen MR) is 116 cm³/mol. The van der Waals surface area contributed by atoms with Gasteiger partial charge in [-0.05, 0) is 32.6 Å². The first-order valence-corrected chi connectivity index (χ1v) is 11.4. The lowest BCUT2D eigenvalue weighted by molar-refractivity contribution is -0.155. The quantitative estimate of drug-likeness (QED) is 0.646. The molecule has 0 N–H and O–H groups in total. The summed E-state index contributed by atoms with van der Waals surface area (Å²) >= 11 is 0. The third kappa shape index (κ3) is 8.25. The van der Waals surface area contributed by atoms with Gasteiger partial charge in [0, 0.05) is 5.56 Å². The maximum atomic E-state index is 5.67. The van der Waals surface area contributed by atoms with Crippen molar-refractivity contribution in [1.82, 2.24) is 0 Å². The minimum absolute atomic E-state index is 0.147. The fourth-order valence-corrected chi connectivity index (χ4v) is 3.13. The van der Waals surface area contributed by atoms with Gasteiger partial charge in [-0.2, -0.15) is 0 Å². The predicted octanol–water partition coefficient (Wildman–Crippen LogP) is 5.22. The molecule has 30 heavy (non-hydrogen) atoms. The Balaban J connectivity index is 0.000000168. The molecule has 3 aliphatic rings. The maximum Gasteiger partial charge on any atom is 0.184 e. The summed E-state index contributed by atoms with van der Waals surface area (Å²) in [7, 11) is 0. The van der Waals surface area contributed by atoms with Crippen molar-refractivity contribution in [2.75, 3.05) is 26.6 Å². The van der Waals surface area contributed by atoms with Gasteiger partial charge in [0.25, 0.3) is 0 Å². The Hall–Kier alpha value is -1.02. The molecule has 0 spiro atoms. The first kappa shape index (κ1) is 25.2. The van der Waals surface area contributed by atoms with Crippen molar-refractivity contribution in [2.45, 2.75) is 90.7 Å². The average Bonchev–Trinajstić information content (AvgIpc) is 3.56. The van der Waals surface area contributed by atoms with E-state index in [2.05, 4.69) is 27.7 Å². The van der Waals surface area contributed by atoms with E-state index in [0.29, 0.717) is 19.0 Å². The van der Waals surface area contributed by atoms with Crippen LogP contribution in [0.25, 0.3) is 0 Å². The van der Waals surface area contributed by atoms with Crippen LogP contribution in [0.2, 0.25) is 0 Å². The SMILES string of the molecule is CCC1COC(C)(CC)O1.CCC1COC(c2ccccc2)O1.CCC1COCO1. The largest absolute Gasteiger partial charge is 0.353 e. The second-order valence-corrected chi connectivity index (χ2v) is 7.87. The fourth-order valence-electron chi connectivity index (χ4n) is 3.13. The smallest absolute Gasteiger partial charge is 0.184 e. The number of hydrogen-bond acceptors (Lipinski definition) is 6. The first-order valence-electron chi connectivity index (χ1n) is 11.4. The summed E-state index contributed by atoms with van der Waals surface area (Å²) in [6.45, 7) is 13.2. The third-order valence-corrected chi connectivity index (χ3v) is 5.51. The molecular formula is C24H40O6. The van der Waals surface area contributed by atoms with Crippen molar-refractivity contribution in [3.63, 3.8) is 0 Å². The summed E-state index contributed by atoms with van der Waals surface area (Å²) in [6.07, 6.45) is 4.89. The minimum atomic E-state index is -0.291. The van der Waals surface area contributed by atoms with Crippen LogP contribution in [0, 0.1) is 0 Å². The second-order valence-electron chi connectivity index (χ2n) is 7.87. The Morgan fingerprint density at radius 1 is 0.833 bits per heavy atom. The molecular weight excluding hydrogens is 384 g/mol. The van der Waals surface area contributed by atoms with Crippen molar-refractivity contribution in [1.29, 1.82) is 0 Å². The first-order chi connectivity index (χ1) is 14.5. The van der Waals surface area contributed by atoms with Crippen LogP contribution in [-0.4, -0.2) is 50.7 Å². The molecule has 3 saturated heterocycles. The lowest BCUT2D eigenvalue weighted by Gasteiger charge is -2.20. The summed E-state index contributed by atoms with van der Waals surface area (Å²) < 4.78 is 32.3. The zero-order valence-electron chi connectivity index (χ0n) is 19.3. The van der Waals surface area contributed by atoms with Crippen LogP contribution in [-0.2, 0) is 28.4 Å². The van der Waals surface area contributed by atoms with E-state index in [1.54, 1.807) is 0 Å². The molecule has 0 saturated carbocycles. The Labute approximate surface area is 182 Å². The average molecular weight is 425 g/mol. The van der Waals surface area contributed by atoms with Gasteiger partial charge < -0.3 is 28.4 Å². The number of rotatable bonds is 5. The summed E-state index contributed by atoms with van der Waals surface area (Å²) in [5.41, 5.74) is 1.11. The van der Waals surface area contributed by atoms with Gasteiger partial charge in [-0.3, -0.25) is 0 Å². The standard InChI is InChI=1S/C11H14O2.C8H16O2.C5H10O2/c1-2-10-8-12-11(13-10)9-6-4-3-5-7-9;1-4-7-6-9-8(3,5-2)10-7;1-2-5-3-6-4-7-5/h3-7,10-11H,2,8H2,1H3;7H,4-6H2,1-3H3;5H,2-4H2,1H3. The Bertz CT molecular complexity index is 562. The molecule has 3 aliphatic heterocycles. The van der Waals surface area contributed by atoms with E-state index < -0.39 is 0 Å². The van der Waals surface area contributed by atoms with Crippen molar-refractivity contribution in [3.8, 4) is 0 Å². The molecule has 6 nitrogen and oxygen atoms in total. The number of benzene rings is 1. The third-order valence-electron chi connectivity index (χ3n) is 5.51. The molecule has 0 bridgehead atoms. The lowest BCUT2D eigenvalue weighted by Crippen LogP contribution is -2.25. The highest BCUT2D eigenvalue weighted by molar-refractivity contribution is 5.16. The van der Waals surface area contributed by atoms with Crippen LogP contribution >= 0.6 is 0 Å². The van der Waals surface area contributed by atoms with Crippen LogP contribution in [0.4, 0.5) is 0 Å². The van der Waals surface area contributed by atoms with Gasteiger partial charge in [-0.25, -0.2) is 0 Å². The van der Waals surface area contributed by atoms with Crippen molar-refractivity contribution in [3.05, 3.63) is 35.9 Å². The molecule has 3 heterocycles. The molecule has 0 aromatic heterocycles. The summed E-state index contributed by atoms with van der Waals surface area (Å²) in [4.78, 5) is 0. The molecule has 0 amide bonds. The van der Waals surface area contributed by atoms with E-state index in [0.717, 1.165) is 51.1 Å². The molecule has 0 radical (unpaired) electrons. The minimum Gasteiger partial charge on any atom is -0.353 e. The van der Waals surface area contributed by atoms with E-state index in [1.807, 2.05) is 37.3 Å². The van der Waals surface area contributed by atoms with Gasteiger partial charge in [0.05, 0.1) is 38.1 Å². The molecule has 6 heteroatoms. The van der Waals surface area contributed by atoms with Crippen molar-refractivity contribution in [2.24, 2.45) is 0 Å².